The van der Waals surface area contributed by atoms with Crippen molar-refractivity contribution in [1.82, 2.24) is 4.31 Å². The lowest BCUT2D eigenvalue weighted by Gasteiger charge is -2.36. The highest BCUT2D eigenvalue weighted by molar-refractivity contribution is 7.90. The van der Waals surface area contributed by atoms with Gasteiger partial charge >= 0.3 is 5.97 Å². The van der Waals surface area contributed by atoms with Gasteiger partial charge in [-0.3, -0.25) is 0 Å². The third-order valence-electron chi connectivity index (χ3n) is 3.80. The van der Waals surface area contributed by atoms with E-state index in [1.54, 1.807) is 6.92 Å². The number of nitrogens with zero attached hydrogens (tertiary/aromatic N) is 1. The number of rotatable bonds is 9. The Morgan fingerprint density at radius 1 is 1.37 bits per heavy atom. The van der Waals surface area contributed by atoms with Crippen molar-refractivity contribution in [3.8, 4) is 0 Å². The number of ether oxygens (including phenoxy) is 1. The van der Waals surface area contributed by atoms with Crippen molar-refractivity contribution in [2.24, 2.45) is 0 Å². The summed E-state index contributed by atoms with van der Waals surface area (Å²) in [5, 5.41) is 0.699. The Bertz CT molecular complexity index is 652. The number of carbonyl (C=O) groups excluding carboxylic acids is 1. The van der Waals surface area contributed by atoms with Crippen LogP contribution < -0.4 is 0 Å². The highest BCUT2D eigenvalue weighted by Gasteiger charge is 2.36. The minimum atomic E-state index is -1.28. The van der Waals surface area contributed by atoms with Crippen LogP contribution in [-0.2, 0) is 20.9 Å². The molecular formula is C21H30ClNO3S. The molecule has 0 fully saturated rings. The molecule has 1 aromatic rings. The van der Waals surface area contributed by atoms with Crippen molar-refractivity contribution in [2.75, 3.05) is 13.2 Å². The van der Waals surface area contributed by atoms with Gasteiger partial charge in [-0.05, 0) is 58.7 Å². The molecule has 0 heterocycles. The molecule has 1 rings (SSSR count). The summed E-state index contributed by atoms with van der Waals surface area (Å²) >= 11 is 4.62. The zero-order chi connectivity index (χ0) is 20.6. The van der Waals surface area contributed by atoms with Crippen LogP contribution in [0.4, 0.5) is 0 Å². The van der Waals surface area contributed by atoms with E-state index in [4.69, 9.17) is 16.3 Å². The van der Waals surface area contributed by atoms with Gasteiger partial charge in [0.15, 0.2) is 0 Å². The van der Waals surface area contributed by atoms with Crippen molar-refractivity contribution in [1.29, 1.82) is 0 Å². The molecule has 0 spiro atoms. The maximum atomic E-state index is 13.0. The lowest BCUT2D eigenvalue weighted by molar-refractivity contribution is -0.138. The maximum Gasteiger partial charge on any atom is 0.334 e. The molecule has 1 aromatic carbocycles. The van der Waals surface area contributed by atoms with Crippen LogP contribution in [-0.4, -0.2) is 38.8 Å². The molecule has 0 saturated carbocycles. The first kappa shape index (κ1) is 23.8. The second-order valence-corrected chi connectivity index (χ2v) is 9.93. The van der Waals surface area contributed by atoms with E-state index in [1.807, 2.05) is 68.4 Å². The van der Waals surface area contributed by atoms with Crippen LogP contribution in [0.3, 0.4) is 0 Å². The lowest BCUT2D eigenvalue weighted by Crippen LogP contribution is -2.48. The first-order valence-electron chi connectivity index (χ1n) is 9.02. The molecule has 0 aromatic heterocycles. The van der Waals surface area contributed by atoms with Crippen LogP contribution in [0.2, 0.25) is 5.02 Å². The zero-order valence-corrected chi connectivity index (χ0v) is 18.4. The lowest BCUT2D eigenvalue weighted by atomic mass is 10.1. The minimum absolute atomic E-state index is 0.0419. The Morgan fingerprint density at radius 3 is 2.48 bits per heavy atom. The van der Waals surface area contributed by atoms with Gasteiger partial charge in [0.2, 0.25) is 0 Å². The topological polar surface area (TPSA) is 52.6 Å². The van der Waals surface area contributed by atoms with E-state index in [0.29, 0.717) is 23.6 Å². The second kappa shape index (κ2) is 10.9. The summed E-state index contributed by atoms with van der Waals surface area (Å²) in [4.78, 5) is 11.9. The monoisotopic (exact) mass is 411 g/mol. The van der Waals surface area contributed by atoms with E-state index in [2.05, 4.69) is 6.58 Å². The molecule has 27 heavy (non-hydrogen) atoms. The molecule has 0 aliphatic rings. The second-order valence-electron chi connectivity index (χ2n) is 7.30. The first-order valence-corrected chi connectivity index (χ1v) is 10.5. The Kier molecular flexibility index (Phi) is 9.60. The van der Waals surface area contributed by atoms with Crippen molar-refractivity contribution in [3.05, 3.63) is 53.1 Å². The van der Waals surface area contributed by atoms with E-state index in [0.717, 1.165) is 5.56 Å². The number of hydrogen-bond donors (Lipinski definition) is 0. The summed E-state index contributed by atoms with van der Waals surface area (Å²) in [6, 6.07) is 7.53. The Morgan fingerprint density at radius 2 is 1.96 bits per heavy atom. The van der Waals surface area contributed by atoms with Gasteiger partial charge in [0.1, 0.15) is 4.75 Å². The molecule has 0 saturated heterocycles. The fourth-order valence-corrected chi connectivity index (χ4v) is 3.82. The average molecular weight is 412 g/mol. The molecule has 1 unspecified atom stereocenters. The smallest absolute Gasteiger partial charge is 0.334 e. The zero-order valence-electron chi connectivity index (χ0n) is 16.8. The van der Waals surface area contributed by atoms with Crippen LogP contribution in [0.15, 0.2) is 42.5 Å². The Balaban J connectivity index is 2.85. The highest BCUT2D eigenvalue weighted by Crippen LogP contribution is 2.25. The van der Waals surface area contributed by atoms with Crippen LogP contribution in [0.25, 0.3) is 6.08 Å². The molecule has 6 heteroatoms. The fourth-order valence-electron chi connectivity index (χ4n) is 2.31. The van der Waals surface area contributed by atoms with Gasteiger partial charge in [-0.25, -0.2) is 4.79 Å². The Labute approximate surface area is 171 Å². The normalized spacial score (nSPS) is 14.4. The minimum Gasteiger partial charge on any atom is -0.597 e. The Hall–Kier alpha value is -1.27. The summed E-state index contributed by atoms with van der Waals surface area (Å²) < 4.78 is 19.4. The molecule has 150 valence electrons. The fraction of sp³-hybridized carbons (Fsp3) is 0.476. The van der Waals surface area contributed by atoms with Crippen LogP contribution in [0.5, 0.6) is 0 Å². The van der Waals surface area contributed by atoms with E-state index in [9.17, 15) is 9.35 Å². The summed E-state index contributed by atoms with van der Waals surface area (Å²) in [6.07, 6.45) is 4.72. The first-order chi connectivity index (χ1) is 12.6. The van der Waals surface area contributed by atoms with Crippen LogP contribution >= 0.6 is 11.6 Å². The third kappa shape index (κ3) is 8.09. The van der Waals surface area contributed by atoms with Crippen molar-refractivity contribution >= 4 is 35.0 Å². The van der Waals surface area contributed by atoms with Gasteiger partial charge in [-0.2, -0.15) is 0 Å². The SMILES string of the molecule is C=C(CN([C@H](C)CC=Cc1ccc(Cl)cc1)[S+]([O-])C(C)(C)C)C(=O)OCC. The van der Waals surface area contributed by atoms with Gasteiger partial charge in [0, 0.05) is 22.0 Å². The third-order valence-corrected chi connectivity index (χ3v) is 6.01. The van der Waals surface area contributed by atoms with Gasteiger partial charge in [-0.1, -0.05) is 42.5 Å². The average Bonchev–Trinajstić information content (AvgIpc) is 2.59. The maximum absolute atomic E-state index is 13.0. The largest absolute Gasteiger partial charge is 0.597 e. The summed E-state index contributed by atoms with van der Waals surface area (Å²) in [7, 11) is 0. The molecular weight excluding hydrogens is 382 g/mol. The molecule has 0 aliphatic heterocycles. The quantitative estimate of drug-likeness (QED) is 0.325. The summed E-state index contributed by atoms with van der Waals surface area (Å²) in [5.74, 6) is -0.447. The summed E-state index contributed by atoms with van der Waals surface area (Å²) in [6.45, 7) is 13.8. The van der Waals surface area contributed by atoms with E-state index in [1.165, 1.54) is 0 Å². The van der Waals surface area contributed by atoms with E-state index >= 15 is 0 Å². The van der Waals surface area contributed by atoms with Gasteiger partial charge in [0.25, 0.3) is 0 Å². The molecule has 0 amide bonds. The molecule has 0 bridgehead atoms. The summed E-state index contributed by atoms with van der Waals surface area (Å²) in [5.41, 5.74) is 1.36. The predicted molar refractivity (Wildman–Crippen MR) is 115 cm³/mol. The number of esters is 1. The van der Waals surface area contributed by atoms with Crippen molar-refractivity contribution < 1.29 is 14.1 Å². The predicted octanol–water partition coefficient (Wildman–Crippen LogP) is 5.02. The number of carbonyl (C=O) groups is 1. The number of hydrogen-bond acceptors (Lipinski definition) is 4. The van der Waals surface area contributed by atoms with Crippen molar-refractivity contribution in [2.45, 2.75) is 51.8 Å². The number of halogens is 1. The standard InChI is InChI=1S/C21H30ClNO3S/c1-7-26-20(24)16(2)15-23(27(25)21(4,5)6)17(3)9-8-10-18-11-13-19(22)14-12-18/h8,10-14,17H,2,7,9,15H2,1,3-6H3/t17-,27?/m1/s1. The molecule has 0 N–H and O–H groups in total. The highest BCUT2D eigenvalue weighted by atomic mass is 35.5. The van der Waals surface area contributed by atoms with Crippen LogP contribution in [0, 0.1) is 0 Å². The van der Waals surface area contributed by atoms with Crippen LogP contribution in [0.1, 0.15) is 46.6 Å². The van der Waals surface area contributed by atoms with Gasteiger partial charge in [0.05, 0.1) is 19.2 Å². The van der Waals surface area contributed by atoms with Crippen molar-refractivity contribution in [3.63, 3.8) is 0 Å². The molecule has 4 nitrogen and oxygen atoms in total. The van der Waals surface area contributed by atoms with E-state index in [-0.39, 0.29) is 12.6 Å². The molecule has 0 radical (unpaired) electrons. The molecule has 0 aliphatic carbocycles. The molecule has 2 atom stereocenters. The van der Waals surface area contributed by atoms with E-state index < -0.39 is 22.1 Å². The van der Waals surface area contributed by atoms with Gasteiger partial charge in [-0.15, -0.1) is 4.31 Å². The number of benzene rings is 1. The van der Waals surface area contributed by atoms with Gasteiger partial charge < -0.3 is 9.29 Å².